The minimum absolute atomic E-state index is 0.0857. The molecule has 1 rings (SSSR count). The van der Waals surface area contributed by atoms with Gasteiger partial charge in [0.1, 0.15) is 0 Å². The van der Waals surface area contributed by atoms with E-state index in [1.807, 2.05) is 0 Å². The smallest absolute Gasteiger partial charge is 0.396 e. The highest BCUT2D eigenvalue weighted by molar-refractivity contribution is 6.32. The Kier molecular flexibility index (Phi) is 3.08. The topological polar surface area (TPSA) is 40.5 Å². The van der Waals surface area contributed by atoms with Gasteiger partial charge in [0, 0.05) is 25.6 Å². The number of aliphatic hydroxyl groups is 1. The number of halogens is 3. The highest BCUT2D eigenvalue weighted by Crippen LogP contribution is 2.25. The number of hydrogen-bond acceptors (Lipinski definition) is 2. The van der Waals surface area contributed by atoms with Crippen molar-refractivity contribution in [2.75, 3.05) is 19.7 Å². The van der Waals surface area contributed by atoms with Gasteiger partial charge in [0.15, 0.2) is 0 Å². The quantitative estimate of drug-likeness (QED) is 0.685. The molecule has 0 radical (unpaired) electrons. The van der Waals surface area contributed by atoms with Crippen molar-refractivity contribution >= 4 is 17.5 Å². The van der Waals surface area contributed by atoms with Gasteiger partial charge in [-0.05, 0) is 18.0 Å². The average molecular weight is 214 g/mol. The third-order valence-corrected chi connectivity index (χ3v) is 2.24. The van der Waals surface area contributed by atoms with E-state index in [1.165, 1.54) is 0 Å². The number of carbonyl (C=O) groups is 1. The van der Waals surface area contributed by atoms with Crippen molar-refractivity contribution in [1.29, 1.82) is 0 Å². The largest absolute Gasteiger partial charge is 0.399 e. The molecule has 0 aromatic rings. The Labute approximate surface area is 79.3 Å². The summed E-state index contributed by atoms with van der Waals surface area (Å²) in [7, 11) is 0. The molecule has 0 bridgehead atoms. The van der Waals surface area contributed by atoms with Crippen molar-refractivity contribution in [3.05, 3.63) is 0 Å². The van der Waals surface area contributed by atoms with Crippen LogP contribution in [0.15, 0.2) is 0 Å². The van der Waals surface area contributed by atoms with E-state index in [9.17, 15) is 13.6 Å². The van der Waals surface area contributed by atoms with Gasteiger partial charge in [0.2, 0.25) is 0 Å². The standard InChI is InChI=1S/C7H10ClF2NO2/c8-7(9,10)6(13)11-2-1-5(3-11)4-12/h5,12H,1-4H2. The third kappa shape index (κ3) is 2.51. The molecule has 76 valence electrons. The molecule has 0 saturated carbocycles. The molecule has 0 aromatic heterocycles. The maximum atomic E-state index is 12.3. The lowest BCUT2D eigenvalue weighted by Gasteiger charge is -2.18. The van der Waals surface area contributed by atoms with Gasteiger partial charge in [-0.15, -0.1) is 0 Å². The molecule has 0 aliphatic carbocycles. The van der Waals surface area contributed by atoms with Crippen LogP contribution >= 0.6 is 11.6 Å². The molecule has 1 aliphatic rings. The zero-order valence-electron chi connectivity index (χ0n) is 6.84. The van der Waals surface area contributed by atoms with Crippen molar-refractivity contribution in [2.24, 2.45) is 5.92 Å². The van der Waals surface area contributed by atoms with Gasteiger partial charge >= 0.3 is 11.3 Å². The van der Waals surface area contributed by atoms with Gasteiger partial charge in [-0.3, -0.25) is 4.79 Å². The highest BCUT2D eigenvalue weighted by atomic mass is 35.5. The van der Waals surface area contributed by atoms with E-state index in [0.29, 0.717) is 6.42 Å². The van der Waals surface area contributed by atoms with Crippen LogP contribution in [0.2, 0.25) is 0 Å². The fourth-order valence-electron chi connectivity index (χ4n) is 1.35. The number of nitrogens with zero attached hydrogens (tertiary/aromatic N) is 1. The summed E-state index contributed by atoms with van der Waals surface area (Å²) in [6.45, 7) is 0.321. The Morgan fingerprint density at radius 2 is 2.31 bits per heavy atom. The van der Waals surface area contributed by atoms with Crippen LogP contribution < -0.4 is 0 Å². The normalized spacial score (nSPS) is 23.7. The van der Waals surface area contributed by atoms with Crippen molar-refractivity contribution in [3.63, 3.8) is 0 Å². The predicted molar refractivity (Wildman–Crippen MR) is 42.6 cm³/mol. The Morgan fingerprint density at radius 3 is 2.69 bits per heavy atom. The predicted octanol–water partition coefficient (Wildman–Crippen LogP) is 0.659. The first-order valence-electron chi connectivity index (χ1n) is 3.92. The molecule has 1 unspecified atom stereocenters. The van der Waals surface area contributed by atoms with Gasteiger partial charge in [-0.1, -0.05) is 0 Å². The Hall–Kier alpha value is -0.420. The molecule has 1 N–H and O–H groups in total. The lowest BCUT2D eigenvalue weighted by Crippen LogP contribution is -2.39. The number of hydrogen-bond donors (Lipinski definition) is 1. The second-order valence-electron chi connectivity index (χ2n) is 3.09. The second-order valence-corrected chi connectivity index (χ2v) is 3.56. The molecule has 13 heavy (non-hydrogen) atoms. The van der Waals surface area contributed by atoms with E-state index in [0.717, 1.165) is 4.90 Å². The summed E-state index contributed by atoms with van der Waals surface area (Å²) < 4.78 is 24.6. The van der Waals surface area contributed by atoms with Gasteiger partial charge in [-0.2, -0.15) is 8.78 Å². The molecule has 0 aromatic carbocycles. The number of amides is 1. The zero-order valence-corrected chi connectivity index (χ0v) is 7.60. The van der Waals surface area contributed by atoms with Gasteiger partial charge < -0.3 is 10.0 Å². The zero-order chi connectivity index (χ0) is 10.1. The van der Waals surface area contributed by atoms with Crippen LogP contribution in [0.1, 0.15) is 6.42 Å². The SMILES string of the molecule is O=C(N1CCC(CO)C1)C(F)(F)Cl. The number of aliphatic hydroxyl groups excluding tert-OH is 1. The second kappa shape index (κ2) is 3.75. The van der Waals surface area contributed by atoms with Crippen molar-refractivity contribution in [1.82, 2.24) is 4.90 Å². The molecule has 6 heteroatoms. The minimum atomic E-state index is -3.82. The molecule has 1 aliphatic heterocycles. The maximum absolute atomic E-state index is 12.3. The number of alkyl halides is 3. The molecule has 1 heterocycles. The van der Waals surface area contributed by atoms with E-state index in [4.69, 9.17) is 5.11 Å². The van der Waals surface area contributed by atoms with Crippen LogP contribution in [0.5, 0.6) is 0 Å². The average Bonchev–Trinajstić information content (AvgIpc) is 2.48. The summed E-state index contributed by atoms with van der Waals surface area (Å²) in [5.74, 6) is -1.46. The van der Waals surface area contributed by atoms with Crippen LogP contribution in [0.3, 0.4) is 0 Å². The summed E-state index contributed by atoms with van der Waals surface area (Å²) in [4.78, 5) is 11.9. The van der Waals surface area contributed by atoms with Crippen molar-refractivity contribution < 1.29 is 18.7 Å². The van der Waals surface area contributed by atoms with Crippen LogP contribution in [0.4, 0.5) is 8.78 Å². The van der Waals surface area contributed by atoms with E-state index >= 15 is 0 Å². The minimum Gasteiger partial charge on any atom is -0.396 e. The van der Waals surface area contributed by atoms with E-state index in [-0.39, 0.29) is 25.6 Å². The van der Waals surface area contributed by atoms with Crippen LogP contribution in [-0.4, -0.2) is 41.0 Å². The summed E-state index contributed by atoms with van der Waals surface area (Å²) in [5.41, 5.74) is 0. The van der Waals surface area contributed by atoms with Gasteiger partial charge in [-0.25, -0.2) is 0 Å². The van der Waals surface area contributed by atoms with Crippen LogP contribution in [-0.2, 0) is 4.79 Å². The molecule has 3 nitrogen and oxygen atoms in total. The molecule has 1 saturated heterocycles. The number of likely N-dealkylation sites (tertiary alicyclic amines) is 1. The maximum Gasteiger partial charge on any atom is 0.399 e. The third-order valence-electron chi connectivity index (χ3n) is 2.07. The first-order chi connectivity index (χ1) is 5.95. The Balaban J connectivity index is 2.52. The van der Waals surface area contributed by atoms with Crippen LogP contribution in [0, 0.1) is 5.92 Å². The molecular weight excluding hydrogens is 204 g/mol. The molecule has 1 fully saturated rings. The molecule has 0 spiro atoms. The van der Waals surface area contributed by atoms with E-state index in [2.05, 4.69) is 11.6 Å². The summed E-state index contributed by atoms with van der Waals surface area (Å²) in [6.07, 6.45) is 0.551. The van der Waals surface area contributed by atoms with Crippen molar-refractivity contribution in [2.45, 2.75) is 11.8 Å². The lowest BCUT2D eigenvalue weighted by atomic mass is 10.1. The summed E-state index contributed by atoms with van der Waals surface area (Å²) >= 11 is 4.57. The Morgan fingerprint density at radius 1 is 1.69 bits per heavy atom. The first-order valence-corrected chi connectivity index (χ1v) is 4.30. The highest BCUT2D eigenvalue weighted by Gasteiger charge is 2.41. The monoisotopic (exact) mass is 213 g/mol. The van der Waals surface area contributed by atoms with Gasteiger partial charge in [0.25, 0.3) is 0 Å². The van der Waals surface area contributed by atoms with E-state index in [1.54, 1.807) is 0 Å². The van der Waals surface area contributed by atoms with Crippen LogP contribution in [0.25, 0.3) is 0 Å². The molecule has 1 amide bonds. The summed E-state index contributed by atoms with van der Waals surface area (Å²) in [5, 5.41) is 4.89. The number of carbonyl (C=O) groups excluding carboxylic acids is 1. The fourth-order valence-corrected chi connectivity index (χ4v) is 1.46. The van der Waals surface area contributed by atoms with E-state index < -0.39 is 11.3 Å². The first kappa shape index (κ1) is 10.7. The summed E-state index contributed by atoms with van der Waals surface area (Å²) in [6, 6.07) is 0. The number of rotatable bonds is 2. The Bertz CT molecular complexity index is 207. The lowest BCUT2D eigenvalue weighted by molar-refractivity contribution is -0.146. The molecular formula is C7H10ClF2NO2. The van der Waals surface area contributed by atoms with Crippen molar-refractivity contribution in [3.8, 4) is 0 Å². The fraction of sp³-hybridized carbons (Fsp3) is 0.857. The van der Waals surface area contributed by atoms with Gasteiger partial charge in [0.05, 0.1) is 0 Å². The molecule has 1 atom stereocenters.